The highest BCUT2D eigenvalue weighted by molar-refractivity contribution is 7.90. The zero-order chi connectivity index (χ0) is 12.0. The minimum Gasteiger partial charge on any atom is -0.313 e. The third-order valence-electron chi connectivity index (χ3n) is 2.09. The van der Waals surface area contributed by atoms with Crippen LogP contribution in [0.1, 0.15) is 18.4 Å². The van der Waals surface area contributed by atoms with Gasteiger partial charge in [0.15, 0.2) is 0 Å². The number of hydrogen-bond donors (Lipinski definition) is 1. The van der Waals surface area contributed by atoms with E-state index in [-0.39, 0.29) is 11.8 Å². The Balaban J connectivity index is 2.56. The summed E-state index contributed by atoms with van der Waals surface area (Å²) in [7, 11) is -2.94. The highest BCUT2D eigenvalue weighted by Gasteiger charge is 2.16. The van der Waals surface area contributed by atoms with Crippen LogP contribution < -0.4 is 5.32 Å². The average Bonchev–Trinajstić information content (AvgIpc) is 2.64. The molecular weight excluding hydrogens is 244 g/mol. The van der Waals surface area contributed by atoms with Crippen molar-refractivity contribution in [3.63, 3.8) is 0 Å². The van der Waals surface area contributed by atoms with Crippen molar-refractivity contribution in [2.45, 2.75) is 25.8 Å². The Morgan fingerprint density at radius 1 is 1.56 bits per heavy atom. The van der Waals surface area contributed by atoms with Crippen LogP contribution in [-0.4, -0.2) is 38.0 Å². The topological polar surface area (TPSA) is 59.1 Å². The fourth-order valence-corrected chi connectivity index (χ4v) is 3.13. The lowest BCUT2D eigenvalue weighted by Crippen LogP contribution is -2.37. The molecule has 0 aromatic carbocycles. The summed E-state index contributed by atoms with van der Waals surface area (Å²) in [6, 6.07) is -0.0268. The van der Waals surface area contributed by atoms with E-state index < -0.39 is 9.84 Å². The highest BCUT2D eigenvalue weighted by Crippen LogP contribution is 2.08. The van der Waals surface area contributed by atoms with Gasteiger partial charge in [-0.05, 0) is 13.0 Å². The van der Waals surface area contributed by atoms with E-state index in [1.54, 1.807) is 17.5 Å². The standard InChI is InChI=1S/C10H18N2O2S2/c1-3-4-11-9(8-16(2,13)14)7-10-12-5-6-15-10/h5-6,9,11H,3-4,7-8H2,1-2H3. The number of nitrogens with one attached hydrogen (secondary N) is 1. The molecule has 1 heterocycles. The van der Waals surface area contributed by atoms with E-state index in [0.717, 1.165) is 18.0 Å². The Morgan fingerprint density at radius 2 is 2.31 bits per heavy atom. The van der Waals surface area contributed by atoms with Crippen LogP contribution in [0.4, 0.5) is 0 Å². The number of rotatable bonds is 7. The van der Waals surface area contributed by atoms with Crippen LogP contribution in [0.3, 0.4) is 0 Å². The van der Waals surface area contributed by atoms with Crippen molar-refractivity contribution in [2.24, 2.45) is 0 Å². The zero-order valence-corrected chi connectivity index (χ0v) is 11.3. The molecule has 1 aromatic heterocycles. The lowest BCUT2D eigenvalue weighted by atomic mass is 10.2. The molecule has 0 bridgehead atoms. The Kier molecular flexibility index (Phi) is 5.37. The summed E-state index contributed by atoms with van der Waals surface area (Å²) < 4.78 is 22.6. The molecule has 1 rings (SSSR count). The Hall–Kier alpha value is -0.460. The van der Waals surface area contributed by atoms with Gasteiger partial charge in [-0.1, -0.05) is 6.92 Å². The van der Waals surface area contributed by atoms with E-state index in [2.05, 4.69) is 17.2 Å². The van der Waals surface area contributed by atoms with Crippen LogP contribution >= 0.6 is 11.3 Å². The molecule has 0 amide bonds. The predicted octanol–water partition coefficient (Wildman–Crippen LogP) is 1.10. The maximum atomic E-state index is 11.3. The van der Waals surface area contributed by atoms with Gasteiger partial charge in [0.1, 0.15) is 9.84 Å². The second kappa shape index (κ2) is 6.32. The fourth-order valence-electron chi connectivity index (χ4n) is 1.47. The first-order chi connectivity index (χ1) is 7.51. The first kappa shape index (κ1) is 13.6. The molecule has 1 atom stereocenters. The van der Waals surface area contributed by atoms with Gasteiger partial charge in [0.2, 0.25) is 0 Å². The predicted molar refractivity (Wildman–Crippen MR) is 67.6 cm³/mol. The van der Waals surface area contributed by atoms with Crippen molar-refractivity contribution in [1.29, 1.82) is 0 Å². The Bertz CT molecular complexity index is 387. The SMILES string of the molecule is CCCNC(Cc1nccs1)CS(C)(=O)=O. The van der Waals surface area contributed by atoms with Crippen molar-refractivity contribution >= 4 is 21.2 Å². The van der Waals surface area contributed by atoms with Gasteiger partial charge < -0.3 is 5.32 Å². The number of hydrogen-bond acceptors (Lipinski definition) is 5. The Morgan fingerprint density at radius 3 is 2.81 bits per heavy atom. The van der Waals surface area contributed by atoms with Crippen molar-refractivity contribution in [1.82, 2.24) is 10.3 Å². The summed E-state index contributed by atoms with van der Waals surface area (Å²) in [6.45, 7) is 2.90. The van der Waals surface area contributed by atoms with Crippen LogP contribution in [0.5, 0.6) is 0 Å². The van der Waals surface area contributed by atoms with E-state index in [1.807, 2.05) is 5.38 Å². The van der Waals surface area contributed by atoms with E-state index in [0.29, 0.717) is 6.42 Å². The molecule has 92 valence electrons. The molecule has 0 saturated heterocycles. The summed E-state index contributed by atoms with van der Waals surface area (Å²) in [6.07, 6.45) is 4.70. The van der Waals surface area contributed by atoms with Crippen molar-refractivity contribution in [3.05, 3.63) is 16.6 Å². The third-order valence-corrected chi connectivity index (χ3v) is 3.90. The molecule has 16 heavy (non-hydrogen) atoms. The molecule has 1 N–H and O–H groups in total. The van der Waals surface area contributed by atoms with Crippen molar-refractivity contribution in [3.8, 4) is 0 Å². The lowest BCUT2D eigenvalue weighted by molar-refractivity contribution is 0.529. The fraction of sp³-hybridized carbons (Fsp3) is 0.700. The van der Waals surface area contributed by atoms with Crippen LogP contribution in [0, 0.1) is 0 Å². The van der Waals surface area contributed by atoms with Crippen molar-refractivity contribution in [2.75, 3.05) is 18.6 Å². The molecule has 4 nitrogen and oxygen atoms in total. The second-order valence-corrected chi connectivity index (χ2v) is 7.04. The highest BCUT2D eigenvalue weighted by atomic mass is 32.2. The van der Waals surface area contributed by atoms with Crippen LogP contribution in [0.2, 0.25) is 0 Å². The third kappa shape index (κ3) is 5.58. The van der Waals surface area contributed by atoms with Gasteiger partial charge in [0, 0.05) is 30.3 Å². The molecule has 1 unspecified atom stereocenters. The van der Waals surface area contributed by atoms with E-state index >= 15 is 0 Å². The van der Waals surface area contributed by atoms with Gasteiger partial charge in [-0.3, -0.25) is 0 Å². The minimum atomic E-state index is -2.94. The van der Waals surface area contributed by atoms with Gasteiger partial charge in [0.05, 0.1) is 10.8 Å². The zero-order valence-electron chi connectivity index (χ0n) is 9.64. The van der Waals surface area contributed by atoms with Gasteiger partial charge >= 0.3 is 0 Å². The van der Waals surface area contributed by atoms with E-state index in [1.165, 1.54) is 6.26 Å². The first-order valence-electron chi connectivity index (χ1n) is 5.30. The smallest absolute Gasteiger partial charge is 0.148 e. The molecule has 0 aliphatic rings. The summed E-state index contributed by atoms with van der Waals surface area (Å²) >= 11 is 1.56. The summed E-state index contributed by atoms with van der Waals surface area (Å²) in [5.74, 6) is 0.173. The van der Waals surface area contributed by atoms with E-state index in [9.17, 15) is 8.42 Å². The molecule has 0 spiro atoms. The van der Waals surface area contributed by atoms with Gasteiger partial charge in [-0.25, -0.2) is 13.4 Å². The summed E-state index contributed by atoms with van der Waals surface area (Å²) in [5, 5.41) is 6.14. The van der Waals surface area contributed by atoms with Gasteiger partial charge in [0.25, 0.3) is 0 Å². The Labute approximate surface area is 101 Å². The van der Waals surface area contributed by atoms with Crippen LogP contribution in [0.15, 0.2) is 11.6 Å². The quantitative estimate of drug-likeness (QED) is 0.799. The number of nitrogens with zero attached hydrogens (tertiary/aromatic N) is 1. The normalized spacial score (nSPS) is 13.9. The first-order valence-corrected chi connectivity index (χ1v) is 8.24. The molecular formula is C10H18N2O2S2. The monoisotopic (exact) mass is 262 g/mol. The number of thiazole rings is 1. The van der Waals surface area contributed by atoms with Crippen LogP contribution in [0.25, 0.3) is 0 Å². The number of aromatic nitrogens is 1. The molecule has 1 aromatic rings. The summed E-state index contributed by atoms with van der Waals surface area (Å²) in [5.41, 5.74) is 0. The minimum absolute atomic E-state index is 0.0268. The largest absolute Gasteiger partial charge is 0.313 e. The average molecular weight is 262 g/mol. The molecule has 0 fully saturated rings. The molecule has 0 saturated carbocycles. The maximum absolute atomic E-state index is 11.3. The maximum Gasteiger partial charge on any atom is 0.148 e. The molecule has 6 heteroatoms. The lowest BCUT2D eigenvalue weighted by Gasteiger charge is -2.16. The molecule has 0 radical (unpaired) electrons. The van der Waals surface area contributed by atoms with Crippen LogP contribution in [-0.2, 0) is 16.3 Å². The second-order valence-electron chi connectivity index (χ2n) is 3.87. The summed E-state index contributed by atoms with van der Waals surface area (Å²) in [4.78, 5) is 4.18. The number of sulfone groups is 1. The van der Waals surface area contributed by atoms with Gasteiger partial charge in [-0.2, -0.15) is 0 Å². The molecule has 0 aliphatic carbocycles. The van der Waals surface area contributed by atoms with E-state index in [4.69, 9.17) is 0 Å². The molecule has 0 aliphatic heterocycles. The van der Waals surface area contributed by atoms with Gasteiger partial charge in [-0.15, -0.1) is 11.3 Å². The van der Waals surface area contributed by atoms with Crippen molar-refractivity contribution < 1.29 is 8.42 Å².